The third-order valence-corrected chi connectivity index (χ3v) is 0.370. The highest BCUT2D eigenvalue weighted by Gasteiger charge is 1.76. The topological polar surface area (TPSA) is 43.1 Å². The van der Waals surface area contributed by atoms with E-state index in [1.54, 1.807) is 6.92 Å². The average molecular weight is 97.1 g/mol. The van der Waals surface area contributed by atoms with Crippen LogP contribution >= 0.6 is 0 Å². The van der Waals surface area contributed by atoms with E-state index in [2.05, 4.69) is 11.8 Å². The predicted molar refractivity (Wildman–Crippen MR) is 27.5 cm³/mol. The molecule has 0 aromatic heterocycles. The van der Waals surface area contributed by atoms with E-state index in [0.717, 1.165) is 0 Å². The summed E-state index contributed by atoms with van der Waals surface area (Å²) in [6.45, 7) is 1.72. The zero-order valence-electron chi connectivity index (χ0n) is 4.14. The number of rotatable bonds is 0. The fourth-order valence-electron chi connectivity index (χ4n) is 0.165. The Morgan fingerprint density at radius 2 is 2.43 bits per heavy atom. The van der Waals surface area contributed by atoms with Crippen molar-refractivity contribution < 1.29 is 4.79 Å². The second kappa shape index (κ2) is 3.38. The van der Waals surface area contributed by atoms with E-state index in [9.17, 15) is 4.79 Å². The fourth-order valence-corrected chi connectivity index (χ4v) is 0.165. The molecular formula is C5H7NO. The molecule has 2 nitrogen and oxygen atoms in total. The minimum Gasteiger partial charge on any atom is -0.318 e. The van der Waals surface area contributed by atoms with Crippen LogP contribution in [0.3, 0.4) is 0 Å². The lowest BCUT2D eigenvalue weighted by Crippen LogP contribution is -2.10. The highest BCUT2D eigenvalue weighted by atomic mass is 16.1. The second-order valence-corrected chi connectivity index (χ2v) is 1.20. The molecule has 0 amide bonds. The number of aldehydes is 1. The van der Waals surface area contributed by atoms with Crippen molar-refractivity contribution in [3.63, 3.8) is 0 Å². The summed E-state index contributed by atoms with van der Waals surface area (Å²) in [7, 11) is 0. The smallest absolute Gasteiger partial charge is 0.192 e. The van der Waals surface area contributed by atoms with Gasteiger partial charge in [0, 0.05) is 0 Å². The van der Waals surface area contributed by atoms with Crippen LogP contribution in [0.1, 0.15) is 6.92 Å². The number of carbonyl (C=O) groups excluding carboxylic acids is 1. The number of hydrogen-bond donors (Lipinski definition) is 1. The molecule has 2 heteroatoms. The van der Waals surface area contributed by atoms with Crippen molar-refractivity contribution >= 4 is 6.29 Å². The first-order valence-electron chi connectivity index (χ1n) is 1.97. The quantitative estimate of drug-likeness (QED) is 0.328. The summed E-state index contributed by atoms with van der Waals surface area (Å²) in [6.07, 6.45) is 0.531. The Morgan fingerprint density at radius 1 is 1.86 bits per heavy atom. The fraction of sp³-hybridized carbons (Fsp3) is 0.400. The van der Waals surface area contributed by atoms with Crippen molar-refractivity contribution in [2.45, 2.75) is 13.0 Å². The Morgan fingerprint density at radius 3 is 2.57 bits per heavy atom. The largest absolute Gasteiger partial charge is 0.318 e. The van der Waals surface area contributed by atoms with E-state index < -0.39 is 0 Å². The van der Waals surface area contributed by atoms with Crippen LogP contribution in [-0.4, -0.2) is 12.3 Å². The summed E-state index contributed by atoms with van der Waals surface area (Å²) in [6, 6.07) is -0.190. The van der Waals surface area contributed by atoms with Gasteiger partial charge in [0.05, 0.1) is 6.04 Å². The molecule has 1 atom stereocenters. The number of carbonyl (C=O) groups is 1. The molecule has 1 unspecified atom stereocenters. The molecule has 0 rings (SSSR count). The van der Waals surface area contributed by atoms with Gasteiger partial charge in [-0.05, 0) is 12.8 Å². The maximum atomic E-state index is 9.48. The monoisotopic (exact) mass is 97.1 g/mol. The van der Waals surface area contributed by atoms with Gasteiger partial charge >= 0.3 is 0 Å². The van der Waals surface area contributed by atoms with E-state index in [1.165, 1.54) is 0 Å². The predicted octanol–water partition coefficient (Wildman–Crippen LogP) is -0.464. The molecule has 0 radical (unpaired) electrons. The van der Waals surface area contributed by atoms with Crippen LogP contribution in [0.15, 0.2) is 0 Å². The van der Waals surface area contributed by atoms with Crippen LogP contribution in [-0.2, 0) is 4.79 Å². The summed E-state index contributed by atoms with van der Waals surface area (Å²) in [5.41, 5.74) is 5.15. The normalized spacial score (nSPS) is 11.1. The van der Waals surface area contributed by atoms with Crippen LogP contribution < -0.4 is 5.73 Å². The van der Waals surface area contributed by atoms with Gasteiger partial charge in [-0.25, -0.2) is 0 Å². The Hall–Kier alpha value is -0.810. The second-order valence-electron chi connectivity index (χ2n) is 1.20. The number of nitrogens with two attached hydrogens (primary N) is 1. The highest BCUT2D eigenvalue weighted by Crippen LogP contribution is 1.63. The molecule has 0 aliphatic heterocycles. The molecule has 0 aromatic carbocycles. The van der Waals surface area contributed by atoms with Crippen LogP contribution in [0.5, 0.6) is 0 Å². The third-order valence-electron chi connectivity index (χ3n) is 0.370. The van der Waals surface area contributed by atoms with Crippen molar-refractivity contribution in [3.8, 4) is 11.8 Å². The Kier molecular flexibility index (Phi) is 2.99. The van der Waals surface area contributed by atoms with Gasteiger partial charge in [-0.1, -0.05) is 5.92 Å². The van der Waals surface area contributed by atoms with Crippen LogP contribution in [0.2, 0.25) is 0 Å². The third kappa shape index (κ3) is 5.19. The molecule has 0 saturated heterocycles. The lowest BCUT2D eigenvalue weighted by Gasteiger charge is -1.83. The molecule has 0 aliphatic carbocycles. The summed E-state index contributed by atoms with van der Waals surface area (Å²) >= 11 is 0. The van der Waals surface area contributed by atoms with Gasteiger partial charge in [0.15, 0.2) is 6.29 Å². The molecule has 0 bridgehead atoms. The minimum absolute atomic E-state index is 0.190. The van der Waals surface area contributed by atoms with Crippen LogP contribution in [0, 0.1) is 11.8 Å². The van der Waals surface area contributed by atoms with Gasteiger partial charge in [-0.15, -0.1) is 0 Å². The molecule has 2 N–H and O–H groups in total. The summed E-state index contributed by atoms with van der Waals surface area (Å²) < 4.78 is 0. The molecule has 0 saturated carbocycles. The first kappa shape index (κ1) is 6.19. The molecule has 0 fully saturated rings. The Bertz CT molecular complexity index is 107. The van der Waals surface area contributed by atoms with Crippen LogP contribution in [0.25, 0.3) is 0 Å². The van der Waals surface area contributed by atoms with Crippen molar-refractivity contribution in [1.82, 2.24) is 0 Å². The molecule has 0 spiro atoms. The molecular weight excluding hydrogens is 90.1 g/mol. The average Bonchev–Trinajstić information content (AvgIpc) is 1.61. The SMILES string of the molecule is CC(N)C#CC=O. The first-order chi connectivity index (χ1) is 3.27. The van der Waals surface area contributed by atoms with Gasteiger partial charge < -0.3 is 5.73 Å². The number of hydrogen-bond acceptors (Lipinski definition) is 2. The van der Waals surface area contributed by atoms with Gasteiger partial charge in [0.25, 0.3) is 0 Å². The van der Waals surface area contributed by atoms with E-state index >= 15 is 0 Å². The maximum Gasteiger partial charge on any atom is 0.192 e. The van der Waals surface area contributed by atoms with E-state index in [1.807, 2.05) is 0 Å². The van der Waals surface area contributed by atoms with Crippen molar-refractivity contribution in [2.75, 3.05) is 0 Å². The Balaban J connectivity index is 3.43. The first-order valence-corrected chi connectivity index (χ1v) is 1.97. The van der Waals surface area contributed by atoms with Crippen molar-refractivity contribution in [1.29, 1.82) is 0 Å². The van der Waals surface area contributed by atoms with Gasteiger partial charge in [-0.3, -0.25) is 4.79 Å². The zero-order chi connectivity index (χ0) is 5.70. The molecule has 0 aromatic rings. The Labute approximate surface area is 42.7 Å². The summed E-state index contributed by atoms with van der Waals surface area (Å²) in [5.74, 6) is 4.65. The van der Waals surface area contributed by atoms with Crippen LogP contribution in [0.4, 0.5) is 0 Å². The zero-order valence-corrected chi connectivity index (χ0v) is 4.14. The minimum atomic E-state index is -0.190. The summed E-state index contributed by atoms with van der Waals surface area (Å²) in [4.78, 5) is 9.48. The van der Waals surface area contributed by atoms with E-state index in [0.29, 0.717) is 6.29 Å². The van der Waals surface area contributed by atoms with E-state index in [-0.39, 0.29) is 6.04 Å². The van der Waals surface area contributed by atoms with Gasteiger partial charge in [0.1, 0.15) is 0 Å². The van der Waals surface area contributed by atoms with Gasteiger partial charge in [-0.2, -0.15) is 0 Å². The standard InChI is InChI=1S/C5H7NO/c1-5(6)3-2-4-7/h4-5H,6H2,1H3. The highest BCUT2D eigenvalue weighted by molar-refractivity contribution is 5.72. The maximum absolute atomic E-state index is 9.48. The van der Waals surface area contributed by atoms with Gasteiger partial charge in [0.2, 0.25) is 0 Å². The molecule has 38 valence electrons. The molecule has 0 aliphatic rings. The van der Waals surface area contributed by atoms with E-state index in [4.69, 9.17) is 5.73 Å². The summed E-state index contributed by atoms with van der Waals surface area (Å²) in [5, 5.41) is 0. The lowest BCUT2D eigenvalue weighted by atomic mass is 10.4. The van der Waals surface area contributed by atoms with Crippen molar-refractivity contribution in [3.05, 3.63) is 0 Å². The lowest BCUT2D eigenvalue weighted by molar-refractivity contribution is -0.103. The molecule has 7 heavy (non-hydrogen) atoms. The van der Waals surface area contributed by atoms with Crippen molar-refractivity contribution in [2.24, 2.45) is 5.73 Å². The molecule has 0 heterocycles.